The number of rotatable bonds is 4. The van der Waals surface area contributed by atoms with E-state index in [1.54, 1.807) is 24.4 Å². The van der Waals surface area contributed by atoms with Crippen molar-refractivity contribution >= 4 is 10.0 Å². The van der Waals surface area contributed by atoms with Gasteiger partial charge in [0.2, 0.25) is 15.9 Å². The van der Waals surface area contributed by atoms with Crippen LogP contribution >= 0.6 is 0 Å². The minimum Gasteiger partial charge on any atom is -0.417 e. The summed E-state index contributed by atoms with van der Waals surface area (Å²) in [6, 6.07) is 7.04. The molecule has 0 radical (unpaired) electrons. The molecule has 27 heavy (non-hydrogen) atoms. The van der Waals surface area contributed by atoms with Crippen LogP contribution in [-0.2, 0) is 10.0 Å². The summed E-state index contributed by atoms with van der Waals surface area (Å²) in [5.74, 6) is -2.01. The van der Waals surface area contributed by atoms with E-state index in [1.165, 1.54) is 4.31 Å². The average molecular weight is 392 g/mol. The number of nitrogens with zero attached hydrogens (tertiary/aromatic N) is 4. The van der Waals surface area contributed by atoms with E-state index in [1.807, 2.05) is 0 Å². The average Bonchev–Trinajstić information content (AvgIpc) is 3.34. The first-order valence-corrected chi connectivity index (χ1v) is 9.62. The fraction of sp³-hybridized carbons (Fsp3) is 0.235. The normalized spacial score (nSPS) is 18.1. The van der Waals surface area contributed by atoms with Crippen molar-refractivity contribution in [3.8, 4) is 11.6 Å². The number of halogens is 2. The molecular formula is C17H14F2N4O3S. The maximum absolute atomic E-state index is 13.5. The summed E-state index contributed by atoms with van der Waals surface area (Å²) in [6.07, 6.45) is 2.64. The lowest BCUT2D eigenvalue weighted by Gasteiger charge is -2.21. The second kappa shape index (κ2) is 6.78. The fourth-order valence-electron chi connectivity index (χ4n) is 3.01. The first-order chi connectivity index (χ1) is 13.0. The van der Waals surface area contributed by atoms with Crippen molar-refractivity contribution in [2.45, 2.75) is 23.8 Å². The lowest BCUT2D eigenvalue weighted by molar-refractivity contribution is 0.332. The van der Waals surface area contributed by atoms with Gasteiger partial charge in [-0.2, -0.15) is 4.31 Å². The van der Waals surface area contributed by atoms with Gasteiger partial charge < -0.3 is 4.42 Å². The van der Waals surface area contributed by atoms with Crippen LogP contribution in [0.3, 0.4) is 0 Å². The van der Waals surface area contributed by atoms with Gasteiger partial charge in [0.1, 0.15) is 11.7 Å². The molecule has 1 aliphatic heterocycles. The highest BCUT2D eigenvalue weighted by atomic mass is 32.2. The van der Waals surface area contributed by atoms with Crippen LogP contribution in [0.1, 0.15) is 24.8 Å². The largest absolute Gasteiger partial charge is 0.417 e. The van der Waals surface area contributed by atoms with Crippen molar-refractivity contribution < 1.29 is 21.6 Å². The van der Waals surface area contributed by atoms with Gasteiger partial charge in [-0.05, 0) is 43.2 Å². The molecule has 1 unspecified atom stereocenters. The summed E-state index contributed by atoms with van der Waals surface area (Å²) in [6.45, 7) is 0.216. The highest BCUT2D eigenvalue weighted by molar-refractivity contribution is 7.89. The summed E-state index contributed by atoms with van der Waals surface area (Å²) >= 11 is 0. The van der Waals surface area contributed by atoms with E-state index < -0.39 is 27.7 Å². The molecule has 7 nitrogen and oxygen atoms in total. The van der Waals surface area contributed by atoms with Crippen molar-refractivity contribution in [1.29, 1.82) is 0 Å². The zero-order valence-electron chi connectivity index (χ0n) is 13.9. The number of hydrogen-bond acceptors (Lipinski definition) is 6. The van der Waals surface area contributed by atoms with Gasteiger partial charge in [-0.1, -0.05) is 6.07 Å². The van der Waals surface area contributed by atoms with Crippen LogP contribution in [-0.4, -0.2) is 34.4 Å². The Kier molecular flexibility index (Phi) is 4.44. The fourth-order valence-corrected chi connectivity index (χ4v) is 4.67. The standard InChI is InChI=1S/C17H14F2N4O3S/c18-12-7-6-11(10-13(12)19)27(24,25)23-9-3-5-15(23)17-22-21-16(26-17)14-4-1-2-8-20-14/h1-2,4,6-8,10,15H,3,5,9H2. The molecule has 3 heterocycles. The maximum atomic E-state index is 13.5. The first kappa shape index (κ1) is 17.7. The highest BCUT2D eigenvalue weighted by Crippen LogP contribution is 2.36. The summed E-state index contributed by atoms with van der Waals surface area (Å²) < 4.78 is 59.2. The molecule has 0 amide bonds. The second-order valence-electron chi connectivity index (χ2n) is 6.01. The molecular weight excluding hydrogens is 378 g/mol. The maximum Gasteiger partial charge on any atom is 0.266 e. The van der Waals surface area contributed by atoms with E-state index in [2.05, 4.69) is 15.2 Å². The second-order valence-corrected chi connectivity index (χ2v) is 7.90. The molecule has 1 aromatic carbocycles. The van der Waals surface area contributed by atoms with Gasteiger partial charge in [0.25, 0.3) is 5.89 Å². The van der Waals surface area contributed by atoms with Gasteiger partial charge in [0.05, 0.1) is 4.90 Å². The summed E-state index contributed by atoms with van der Waals surface area (Å²) in [4.78, 5) is 3.80. The lowest BCUT2D eigenvalue weighted by atomic mass is 10.2. The van der Waals surface area contributed by atoms with Gasteiger partial charge in [0.15, 0.2) is 11.6 Å². The molecule has 0 bridgehead atoms. The van der Waals surface area contributed by atoms with Crippen LogP contribution in [0.5, 0.6) is 0 Å². The van der Waals surface area contributed by atoms with Gasteiger partial charge in [0, 0.05) is 12.7 Å². The molecule has 10 heteroatoms. The molecule has 0 saturated carbocycles. The van der Waals surface area contributed by atoms with Crippen molar-refractivity contribution in [2.75, 3.05) is 6.54 Å². The van der Waals surface area contributed by atoms with E-state index >= 15 is 0 Å². The predicted molar refractivity (Wildman–Crippen MR) is 89.8 cm³/mol. The van der Waals surface area contributed by atoms with Crippen molar-refractivity contribution in [2.24, 2.45) is 0 Å². The van der Waals surface area contributed by atoms with E-state index in [-0.39, 0.29) is 23.2 Å². The molecule has 1 fully saturated rings. The van der Waals surface area contributed by atoms with Crippen molar-refractivity contribution in [3.63, 3.8) is 0 Å². The van der Waals surface area contributed by atoms with Gasteiger partial charge in [-0.15, -0.1) is 10.2 Å². The molecule has 1 atom stereocenters. The van der Waals surface area contributed by atoms with Gasteiger partial charge >= 0.3 is 0 Å². The zero-order chi connectivity index (χ0) is 19.0. The number of sulfonamides is 1. The monoisotopic (exact) mass is 392 g/mol. The molecule has 1 saturated heterocycles. The van der Waals surface area contributed by atoms with Crippen molar-refractivity contribution in [1.82, 2.24) is 19.5 Å². The molecule has 140 valence electrons. The Labute approximate surface area is 153 Å². The quantitative estimate of drug-likeness (QED) is 0.678. The Morgan fingerprint density at radius 2 is 1.96 bits per heavy atom. The van der Waals surface area contributed by atoms with Crippen LogP contribution in [0.25, 0.3) is 11.6 Å². The summed E-state index contributed by atoms with van der Waals surface area (Å²) in [5, 5.41) is 7.90. The number of pyridine rings is 1. The predicted octanol–water partition coefficient (Wildman–Crippen LogP) is 2.94. The van der Waals surface area contributed by atoms with Gasteiger partial charge in [-0.3, -0.25) is 4.98 Å². The lowest BCUT2D eigenvalue weighted by Crippen LogP contribution is -2.31. The Morgan fingerprint density at radius 3 is 2.70 bits per heavy atom. The molecule has 3 aromatic rings. The van der Waals surface area contributed by atoms with Crippen LogP contribution < -0.4 is 0 Å². The molecule has 4 rings (SSSR count). The highest BCUT2D eigenvalue weighted by Gasteiger charge is 2.39. The molecule has 0 spiro atoms. The van der Waals surface area contributed by atoms with E-state index in [4.69, 9.17) is 4.42 Å². The first-order valence-electron chi connectivity index (χ1n) is 8.18. The third-order valence-electron chi connectivity index (χ3n) is 4.31. The van der Waals surface area contributed by atoms with Gasteiger partial charge in [-0.25, -0.2) is 17.2 Å². The van der Waals surface area contributed by atoms with Crippen LogP contribution in [0.15, 0.2) is 51.9 Å². The topological polar surface area (TPSA) is 89.2 Å². The minimum absolute atomic E-state index is 0.138. The number of aromatic nitrogens is 3. The number of benzene rings is 1. The van der Waals surface area contributed by atoms with Crippen LogP contribution in [0.4, 0.5) is 8.78 Å². The smallest absolute Gasteiger partial charge is 0.266 e. The van der Waals surface area contributed by atoms with E-state index in [9.17, 15) is 17.2 Å². The Hall–Kier alpha value is -2.72. The molecule has 2 aromatic heterocycles. The Morgan fingerprint density at radius 1 is 1.11 bits per heavy atom. The molecule has 0 N–H and O–H groups in total. The Balaban J connectivity index is 1.66. The third-order valence-corrected chi connectivity index (χ3v) is 6.22. The molecule has 0 aliphatic carbocycles. The SMILES string of the molecule is O=S(=O)(c1ccc(F)c(F)c1)N1CCCC1c1nnc(-c2ccccn2)o1. The summed E-state index contributed by atoms with van der Waals surface area (Å²) in [5.41, 5.74) is 0.476. The third kappa shape index (κ3) is 3.21. The van der Waals surface area contributed by atoms with Crippen LogP contribution in [0, 0.1) is 11.6 Å². The molecule has 1 aliphatic rings. The van der Waals surface area contributed by atoms with E-state index in [0.717, 1.165) is 12.1 Å². The van der Waals surface area contributed by atoms with Crippen molar-refractivity contribution in [3.05, 3.63) is 60.1 Å². The minimum atomic E-state index is -4.05. The van der Waals surface area contributed by atoms with Crippen LogP contribution in [0.2, 0.25) is 0 Å². The zero-order valence-corrected chi connectivity index (χ0v) is 14.7. The Bertz CT molecular complexity index is 1070. The summed E-state index contributed by atoms with van der Waals surface area (Å²) in [7, 11) is -4.05. The number of hydrogen-bond donors (Lipinski definition) is 0. The van der Waals surface area contributed by atoms with E-state index in [0.29, 0.717) is 24.6 Å².